The van der Waals surface area contributed by atoms with Gasteiger partial charge in [0.15, 0.2) is 0 Å². The highest BCUT2D eigenvalue weighted by atomic mass is 16.4. The fourth-order valence-corrected chi connectivity index (χ4v) is 2.83. The largest absolute Gasteiger partial charge is 0.481 e. The van der Waals surface area contributed by atoms with Crippen LogP contribution in [0.1, 0.15) is 29.5 Å². The molecule has 0 saturated heterocycles. The molecule has 0 aromatic heterocycles. The van der Waals surface area contributed by atoms with Crippen LogP contribution < -0.4 is 0 Å². The summed E-state index contributed by atoms with van der Waals surface area (Å²) >= 11 is 0. The third-order valence-corrected chi connectivity index (χ3v) is 3.90. The van der Waals surface area contributed by atoms with Crippen LogP contribution in [0.5, 0.6) is 0 Å². The van der Waals surface area contributed by atoms with Crippen molar-refractivity contribution in [3.8, 4) is 0 Å². The highest BCUT2D eigenvalue weighted by Crippen LogP contribution is 2.41. The van der Waals surface area contributed by atoms with Crippen LogP contribution in [0.2, 0.25) is 0 Å². The average Bonchev–Trinajstić information content (AvgIpc) is 2.87. The number of carbonyl (C=O) groups is 1. The third kappa shape index (κ3) is 1.73. The standard InChI is InChI=1S/C14H16O2/c15-14(16)13-8-12(13)7-9-4-5-10-2-1-3-11(10)6-9/h4-6,12-13H,1-3,7-8H2,(H,15,16)/t12-,13-/m0/s1. The van der Waals surface area contributed by atoms with Crippen molar-refractivity contribution in [3.63, 3.8) is 0 Å². The number of hydrogen-bond acceptors (Lipinski definition) is 1. The lowest BCUT2D eigenvalue weighted by molar-refractivity contribution is -0.138. The van der Waals surface area contributed by atoms with Gasteiger partial charge < -0.3 is 5.11 Å². The number of carboxylic acids is 1. The Hall–Kier alpha value is -1.31. The third-order valence-electron chi connectivity index (χ3n) is 3.90. The molecule has 1 fully saturated rings. The van der Waals surface area contributed by atoms with Gasteiger partial charge in [-0.25, -0.2) is 0 Å². The molecule has 2 nitrogen and oxygen atoms in total. The summed E-state index contributed by atoms with van der Waals surface area (Å²) in [5.41, 5.74) is 4.31. The summed E-state index contributed by atoms with van der Waals surface area (Å²) in [6, 6.07) is 6.71. The lowest BCUT2D eigenvalue weighted by Gasteiger charge is -2.04. The smallest absolute Gasteiger partial charge is 0.306 e. The lowest BCUT2D eigenvalue weighted by atomic mass is 10.0. The van der Waals surface area contributed by atoms with Crippen LogP contribution in [-0.2, 0) is 24.1 Å². The number of hydrogen-bond donors (Lipinski definition) is 1. The van der Waals surface area contributed by atoms with Crippen molar-refractivity contribution in [1.29, 1.82) is 0 Å². The van der Waals surface area contributed by atoms with Crippen LogP contribution in [-0.4, -0.2) is 11.1 Å². The highest BCUT2D eigenvalue weighted by Gasteiger charge is 2.42. The first kappa shape index (κ1) is 9.88. The topological polar surface area (TPSA) is 37.3 Å². The summed E-state index contributed by atoms with van der Waals surface area (Å²) in [6.45, 7) is 0. The first-order valence-corrected chi connectivity index (χ1v) is 6.07. The minimum absolute atomic E-state index is 0.0757. The van der Waals surface area contributed by atoms with E-state index in [1.165, 1.54) is 36.0 Å². The summed E-state index contributed by atoms with van der Waals surface area (Å²) < 4.78 is 0. The molecule has 84 valence electrons. The molecule has 0 heterocycles. The fraction of sp³-hybridized carbons (Fsp3) is 0.500. The zero-order chi connectivity index (χ0) is 11.1. The molecule has 3 rings (SSSR count). The number of benzene rings is 1. The van der Waals surface area contributed by atoms with E-state index in [-0.39, 0.29) is 5.92 Å². The van der Waals surface area contributed by atoms with Crippen LogP contribution >= 0.6 is 0 Å². The Morgan fingerprint density at radius 2 is 2.12 bits per heavy atom. The normalized spacial score (nSPS) is 26.5. The number of aryl methyl sites for hydroxylation is 2. The van der Waals surface area contributed by atoms with E-state index in [0.29, 0.717) is 5.92 Å². The summed E-state index contributed by atoms with van der Waals surface area (Å²) in [6.07, 6.45) is 5.52. The van der Waals surface area contributed by atoms with E-state index in [1.807, 2.05) is 0 Å². The van der Waals surface area contributed by atoms with Crippen LogP contribution in [0, 0.1) is 11.8 Å². The highest BCUT2D eigenvalue weighted by molar-refractivity contribution is 5.73. The second-order valence-electron chi connectivity index (χ2n) is 5.10. The maximum atomic E-state index is 10.7. The SMILES string of the molecule is O=C(O)[C@H]1C[C@@H]1Cc1ccc2c(c1)CCC2. The van der Waals surface area contributed by atoms with Gasteiger partial charge in [0.1, 0.15) is 0 Å². The van der Waals surface area contributed by atoms with Gasteiger partial charge in [-0.2, -0.15) is 0 Å². The number of fused-ring (bicyclic) bond motifs is 1. The van der Waals surface area contributed by atoms with Gasteiger partial charge in [0.25, 0.3) is 0 Å². The Morgan fingerprint density at radius 1 is 1.31 bits per heavy atom. The van der Waals surface area contributed by atoms with Crippen molar-refractivity contribution in [1.82, 2.24) is 0 Å². The van der Waals surface area contributed by atoms with E-state index in [0.717, 1.165) is 12.8 Å². The molecule has 16 heavy (non-hydrogen) atoms. The van der Waals surface area contributed by atoms with Gasteiger partial charge >= 0.3 is 5.97 Å². The molecule has 2 heteroatoms. The van der Waals surface area contributed by atoms with Crippen molar-refractivity contribution in [3.05, 3.63) is 34.9 Å². The molecule has 0 spiro atoms. The second-order valence-corrected chi connectivity index (χ2v) is 5.10. The minimum Gasteiger partial charge on any atom is -0.481 e. The molecule has 2 aliphatic carbocycles. The predicted molar refractivity (Wildman–Crippen MR) is 61.4 cm³/mol. The molecule has 0 radical (unpaired) electrons. The Morgan fingerprint density at radius 3 is 2.88 bits per heavy atom. The van der Waals surface area contributed by atoms with Gasteiger partial charge in [0.2, 0.25) is 0 Å². The van der Waals surface area contributed by atoms with Gasteiger partial charge in [-0.05, 0) is 54.7 Å². The lowest BCUT2D eigenvalue weighted by Crippen LogP contribution is -2.01. The van der Waals surface area contributed by atoms with Crippen molar-refractivity contribution in [2.24, 2.45) is 11.8 Å². The molecular weight excluding hydrogens is 200 g/mol. The van der Waals surface area contributed by atoms with Crippen molar-refractivity contribution >= 4 is 5.97 Å². The molecule has 1 saturated carbocycles. The van der Waals surface area contributed by atoms with E-state index in [4.69, 9.17) is 5.11 Å². The van der Waals surface area contributed by atoms with Crippen LogP contribution in [0.4, 0.5) is 0 Å². The summed E-state index contributed by atoms with van der Waals surface area (Å²) in [5.74, 6) is -0.309. The molecule has 1 N–H and O–H groups in total. The Bertz CT molecular complexity index is 436. The second kappa shape index (κ2) is 3.62. The summed E-state index contributed by atoms with van der Waals surface area (Å²) in [4.78, 5) is 10.7. The van der Waals surface area contributed by atoms with Gasteiger partial charge in [-0.3, -0.25) is 4.79 Å². The van der Waals surface area contributed by atoms with Gasteiger partial charge in [-0.15, -0.1) is 0 Å². The maximum absolute atomic E-state index is 10.7. The molecule has 1 aromatic carbocycles. The maximum Gasteiger partial charge on any atom is 0.306 e. The van der Waals surface area contributed by atoms with E-state index < -0.39 is 5.97 Å². The molecule has 2 aliphatic rings. The van der Waals surface area contributed by atoms with Crippen LogP contribution in [0.3, 0.4) is 0 Å². The first-order chi connectivity index (χ1) is 7.74. The fourth-order valence-electron chi connectivity index (χ4n) is 2.83. The predicted octanol–water partition coefficient (Wildman–Crippen LogP) is 2.44. The number of rotatable bonds is 3. The van der Waals surface area contributed by atoms with Crippen LogP contribution in [0.25, 0.3) is 0 Å². The van der Waals surface area contributed by atoms with E-state index in [1.54, 1.807) is 0 Å². The molecule has 2 atom stereocenters. The van der Waals surface area contributed by atoms with Gasteiger partial charge in [0, 0.05) is 0 Å². The Kier molecular flexibility index (Phi) is 2.23. The van der Waals surface area contributed by atoms with Crippen LogP contribution in [0.15, 0.2) is 18.2 Å². The first-order valence-electron chi connectivity index (χ1n) is 6.07. The molecule has 0 unspecified atom stereocenters. The average molecular weight is 216 g/mol. The Labute approximate surface area is 95.3 Å². The summed E-state index contributed by atoms with van der Waals surface area (Å²) in [5, 5.41) is 8.86. The molecule has 0 bridgehead atoms. The number of carboxylic acid groups (broad SMARTS) is 1. The molecule has 0 aliphatic heterocycles. The molecular formula is C14H16O2. The van der Waals surface area contributed by atoms with E-state index in [2.05, 4.69) is 18.2 Å². The van der Waals surface area contributed by atoms with Crippen molar-refractivity contribution in [2.75, 3.05) is 0 Å². The van der Waals surface area contributed by atoms with E-state index >= 15 is 0 Å². The monoisotopic (exact) mass is 216 g/mol. The van der Waals surface area contributed by atoms with Gasteiger partial charge in [-0.1, -0.05) is 18.2 Å². The molecule has 0 amide bonds. The van der Waals surface area contributed by atoms with Crippen molar-refractivity contribution in [2.45, 2.75) is 32.1 Å². The summed E-state index contributed by atoms with van der Waals surface area (Å²) in [7, 11) is 0. The quantitative estimate of drug-likeness (QED) is 0.842. The molecule has 1 aromatic rings. The van der Waals surface area contributed by atoms with Gasteiger partial charge in [0.05, 0.1) is 5.92 Å². The zero-order valence-corrected chi connectivity index (χ0v) is 9.28. The zero-order valence-electron chi connectivity index (χ0n) is 9.28. The van der Waals surface area contributed by atoms with Crippen molar-refractivity contribution < 1.29 is 9.90 Å². The number of aliphatic carboxylic acids is 1. The Balaban J connectivity index is 1.70. The van der Waals surface area contributed by atoms with E-state index in [9.17, 15) is 4.79 Å². The minimum atomic E-state index is -0.619.